The van der Waals surface area contributed by atoms with Crippen molar-refractivity contribution in [2.45, 2.75) is 19.4 Å². The minimum Gasteiger partial charge on any atom is -0.467 e. The van der Waals surface area contributed by atoms with Gasteiger partial charge in [-0.3, -0.25) is 0 Å². The second-order valence-electron chi connectivity index (χ2n) is 5.67. The zero-order valence-electron chi connectivity index (χ0n) is 15.2. The molecule has 0 saturated carbocycles. The number of rotatable bonds is 7. The number of anilines is 1. The van der Waals surface area contributed by atoms with Crippen LogP contribution in [0.15, 0.2) is 54.6 Å². The summed E-state index contributed by atoms with van der Waals surface area (Å²) in [6, 6.07) is 14.2. The summed E-state index contributed by atoms with van der Waals surface area (Å²) in [5.41, 5.74) is 1.61. The first kappa shape index (κ1) is 20.0. The fourth-order valence-corrected chi connectivity index (χ4v) is 2.45. The van der Waals surface area contributed by atoms with E-state index in [2.05, 4.69) is 10.6 Å². The van der Waals surface area contributed by atoms with Crippen LogP contribution in [0.4, 0.5) is 10.5 Å². The molecule has 2 amide bonds. The Bertz CT molecular complexity index is 792. The van der Waals surface area contributed by atoms with Gasteiger partial charge in [-0.2, -0.15) is 0 Å². The number of hydrogen-bond donors (Lipinski definition) is 2. The van der Waals surface area contributed by atoms with E-state index in [9.17, 15) is 14.4 Å². The van der Waals surface area contributed by atoms with E-state index in [0.717, 1.165) is 5.56 Å². The summed E-state index contributed by atoms with van der Waals surface area (Å²) in [6.07, 6.45) is 0.295. The molecule has 2 aromatic rings. The predicted molar refractivity (Wildman–Crippen MR) is 101 cm³/mol. The smallest absolute Gasteiger partial charge is 0.338 e. The molecule has 0 radical (unpaired) electrons. The topological polar surface area (TPSA) is 93.7 Å². The van der Waals surface area contributed by atoms with Gasteiger partial charge in [0.05, 0.1) is 19.3 Å². The first-order valence-corrected chi connectivity index (χ1v) is 8.50. The number of carbonyl (C=O) groups is 3. The van der Waals surface area contributed by atoms with Crippen LogP contribution in [-0.4, -0.2) is 37.7 Å². The van der Waals surface area contributed by atoms with Crippen molar-refractivity contribution >= 4 is 23.7 Å². The summed E-state index contributed by atoms with van der Waals surface area (Å²) >= 11 is 0. The molecule has 0 fully saturated rings. The molecule has 2 rings (SSSR count). The van der Waals surface area contributed by atoms with Crippen LogP contribution in [0.2, 0.25) is 0 Å². The number of benzene rings is 2. The Labute approximate surface area is 157 Å². The van der Waals surface area contributed by atoms with Crippen LogP contribution in [0.5, 0.6) is 0 Å². The molecule has 2 N–H and O–H groups in total. The average molecular weight is 370 g/mol. The summed E-state index contributed by atoms with van der Waals surface area (Å²) in [6.45, 7) is 1.98. The normalized spacial score (nSPS) is 11.2. The second-order valence-corrected chi connectivity index (χ2v) is 5.67. The number of methoxy groups -OCH3 is 1. The predicted octanol–water partition coefficient (Wildman–Crippen LogP) is 2.77. The van der Waals surface area contributed by atoms with Crippen molar-refractivity contribution < 1.29 is 23.9 Å². The zero-order valence-corrected chi connectivity index (χ0v) is 15.2. The largest absolute Gasteiger partial charge is 0.467 e. The molecule has 0 aliphatic heterocycles. The second kappa shape index (κ2) is 9.96. The molecular formula is C20H22N2O5. The van der Waals surface area contributed by atoms with E-state index in [4.69, 9.17) is 9.47 Å². The van der Waals surface area contributed by atoms with Crippen LogP contribution >= 0.6 is 0 Å². The maximum absolute atomic E-state index is 12.3. The van der Waals surface area contributed by atoms with Gasteiger partial charge in [0.1, 0.15) is 6.04 Å². The summed E-state index contributed by atoms with van der Waals surface area (Å²) in [5.74, 6) is -1.02. The molecular weight excluding hydrogens is 348 g/mol. The molecule has 0 aliphatic rings. The van der Waals surface area contributed by atoms with E-state index < -0.39 is 24.0 Å². The van der Waals surface area contributed by atoms with Gasteiger partial charge in [0.15, 0.2) is 0 Å². The van der Waals surface area contributed by atoms with Crippen LogP contribution in [-0.2, 0) is 20.7 Å². The highest BCUT2D eigenvalue weighted by Crippen LogP contribution is 2.12. The first-order chi connectivity index (χ1) is 13.0. The SMILES string of the molecule is CCOC(=O)c1cccc(NC(=O)NC(Cc2ccccc2)C(=O)OC)c1. The molecule has 142 valence electrons. The van der Waals surface area contributed by atoms with Crippen molar-refractivity contribution in [3.8, 4) is 0 Å². The lowest BCUT2D eigenvalue weighted by atomic mass is 10.1. The van der Waals surface area contributed by atoms with E-state index in [1.807, 2.05) is 30.3 Å². The molecule has 0 spiro atoms. The molecule has 0 saturated heterocycles. The van der Waals surface area contributed by atoms with Gasteiger partial charge in [0.2, 0.25) is 0 Å². The van der Waals surface area contributed by atoms with Crippen molar-refractivity contribution in [2.75, 3.05) is 19.0 Å². The Balaban J connectivity index is 2.04. The number of amides is 2. The van der Waals surface area contributed by atoms with Crippen molar-refractivity contribution in [3.05, 3.63) is 65.7 Å². The average Bonchev–Trinajstić information content (AvgIpc) is 2.68. The van der Waals surface area contributed by atoms with Gasteiger partial charge < -0.3 is 20.1 Å². The Morgan fingerprint density at radius 2 is 1.78 bits per heavy atom. The molecule has 0 aromatic heterocycles. The molecule has 27 heavy (non-hydrogen) atoms. The number of ether oxygens (including phenoxy) is 2. The lowest BCUT2D eigenvalue weighted by Crippen LogP contribution is -2.45. The lowest BCUT2D eigenvalue weighted by Gasteiger charge is -2.17. The van der Waals surface area contributed by atoms with Crippen LogP contribution in [0.25, 0.3) is 0 Å². The summed E-state index contributed by atoms with van der Waals surface area (Å²) in [7, 11) is 1.27. The third kappa shape index (κ3) is 6.14. The number of esters is 2. The van der Waals surface area contributed by atoms with E-state index in [1.165, 1.54) is 13.2 Å². The number of urea groups is 1. The number of nitrogens with one attached hydrogen (secondary N) is 2. The third-order valence-electron chi connectivity index (χ3n) is 3.71. The minimum atomic E-state index is -0.842. The Morgan fingerprint density at radius 3 is 2.44 bits per heavy atom. The van der Waals surface area contributed by atoms with Crippen LogP contribution in [0, 0.1) is 0 Å². The van der Waals surface area contributed by atoms with Crippen LogP contribution < -0.4 is 10.6 Å². The molecule has 1 unspecified atom stereocenters. The monoisotopic (exact) mass is 370 g/mol. The first-order valence-electron chi connectivity index (χ1n) is 8.50. The van der Waals surface area contributed by atoms with Crippen molar-refractivity contribution in [1.29, 1.82) is 0 Å². The van der Waals surface area contributed by atoms with Gasteiger partial charge in [-0.15, -0.1) is 0 Å². The van der Waals surface area contributed by atoms with Crippen molar-refractivity contribution in [2.24, 2.45) is 0 Å². The minimum absolute atomic E-state index is 0.261. The van der Waals surface area contributed by atoms with Crippen molar-refractivity contribution in [3.63, 3.8) is 0 Å². The van der Waals surface area contributed by atoms with Gasteiger partial charge in [0, 0.05) is 12.1 Å². The highest BCUT2D eigenvalue weighted by Gasteiger charge is 2.22. The van der Waals surface area contributed by atoms with Crippen LogP contribution in [0.1, 0.15) is 22.8 Å². The van der Waals surface area contributed by atoms with Crippen molar-refractivity contribution in [1.82, 2.24) is 5.32 Å². The Kier molecular flexibility index (Phi) is 7.37. The maximum atomic E-state index is 12.3. The molecule has 1 atom stereocenters. The summed E-state index contributed by atoms with van der Waals surface area (Å²) < 4.78 is 9.71. The van der Waals surface area contributed by atoms with Crippen LogP contribution in [0.3, 0.4) is 0 Å². The van der Waals surface area contributed by atoms with E-state index in [1.54, 1.807) is 25.1 Å². The van der Waals surface area contributed by atoms with Gasteiger partial charge in [-0.05, 0) is 30.7 Å². The maximum Gasteiger partial charge on any atom is 0.338 e. The zero-order chi connectivity index (χ0) is 19.6. The van der Waals surface area contributed by atoms with Gasteiger partial charge >= 0.3 is 18.0 Å². The standard InChI is InChI=1S/C20H22N2O5/c1-3-27-18(23)15-10-7-11-16(13-15)21-20(25)22-17(19(24)26-2)12-14-8-5-4-6-9-14/h4-11,13,17H,3,12H2,1-2H3,(H2,21,22,25). The van der Waals surface area contributed by atoms with Gasteiger partial charge in [-0.1, -0.05) is 36.4 Å². The lowest BCUT2D eigenvalue weighted by molar-refractivity contribution is -0.142. The Hall–Kier alpha value is -3.35. The molecule has 7 heteroatoms. The Morgan fingerprint density at radius 1 is 1.04 bits per heavy atom. The van der Waals surface area contributed by atoms with Gasteiger partial charge in [-0.25, -0.2) is 14.4 Å². The molecule has 7 nitrogen and oxygen atoms in total. The highest BCUT2D eigenvalue weighted by molar-refractivity contribution is 5.95. The van der Waals surface area contributed by atoms with E-state index >= 15 is 0 Å². The molecule has 0 bridgehead atoms. The summed E-state index contributed by atoms with van der Waals surface area (Å²) in [5, 5.41) is 5.21. The number of hydrogen-bond acceptors (Lipinski definition) is 5. The number of carbonyl (C=O) groups excluding carboxylic acids is 3. The fourth-order valence-electron chi connectivity index (χ4n) is 2.45. The van der Waals surface area contributed by atoms with Gasteiger partial charge in [0.25, 0.3) is 0 Å². The fraction of sp³-hybridized carbons (Fsp3) is 0.250. The molecule has 2 aromatic carbocycles. The molecule has 0 aliphatic carbocycles. The summed E-state index contributed by atoms with van der Waals surface area (Å²) in [4.78, 5) is 36.1. The quantitative estimate of drug-likeness (QED) is 0.731. The van der Waals surface area contributed by atoms with E-state index in [-0.39, 0.29) is 6.61 Å². The highest BCUT2D eigenvalue weighted by atomic mass is 16.5. The molecule has 0 heterocycles. The third-order valence-corrected chi connectivity index (χ3v) is 3.71. The van der Waals surface area contributed by atoms with E-state index in [0.29, 0.717) is 17.7 Å².